The predicted octanol–water partition coefficient (Wildman–Crippen LogP) is 2.04. The molecule has 15 heavy (non-hydrogen) atoms. The number of hydrogen-bond acceptors (Lipinski definition) is 2. The Morgan fingerprint density at radius 2 is 2.07 bits per heavy atom. The second-order valence-corrected chi connectivity index (χ2v) is 3.95. The molecule has 2 nitrogen and oxygen atoms in total. The molecule has 0 bridgehead atoms. The lowest BCUT2D eigenvalue weighted by atomic mass is 10.1. The van der Waals surface area contributed by atoms with Crippen LogP contribution in [0, 0.1) is 11.6 Å². The average Bonchev–Trinajstić information content (AvgIpc) is 2.91. The van der Waals surface area contributed by atoms with Gasteiger partial charge in [0, 0.05) is 12.0 Å². The predicted molar refractivity (Wildman–Crippen MR) is 50.8 cm³/mol. The standard InChI is InChI=1S/C11H12F2O2/c1-15-10-7(6-11(14)4-5-11)2-3-8(12)9(10)13/h2-3,14H,4-6H2,1H3. The number of methoxy groups -OCH3 is 1. The summed E-state index contributed by atoms with van der Waals surface area (Å²) in [6.07, 6.45) is 1.72. The van der Waals surface area contributed by atoms with E-state index in [1.807, 2.05) is 0 Å². The number of hydrogen-bond donors (Lipinski definition) is 1. The summed E-state index contributed by atoms with van der Waals surface area (Å²) in [7, 11) is 1.29. The van der Waals surface area contributed by atoms with E-state index in [0.717, 1.165) is 6.07 Å². The molecule has 0 heterocycles. The Morgan fingerprint density at radius 3 is 2.60 bits per heavy atom. The Balaban J connectivity index is 2.34. The molecule has 0 amide bonds. The Hall–Kier alpha value is -1.16. The molecule has 0 radical (unpaired) electrons. The molecular weight excluding hydrogens is 202 g/mol. The minimum absolute atomic E-state index is 0.102. The summed E-state index contributed by atoms with van der Waals surface area (Å²) in [5.41, 5.74) is -0.228. The zero-order valence-electron chi connectivity index (χ0n) is 8.39. The van der Waals surface area contributed by atoms with E-state index in [1.54, 1.807) is 0 Å². The van der Waals surface area contributed by atoms with Crippen LogP contribution in [0.25, 0.3) is 0 Å². The van der Waals surface area contributed by atoms with Gasteiger partial charge in [0.25, 0.3) is 0 Å². The van der Waals surface area contributed by atoms with Crippen molar-refractivity contribution < 1.29 is 18.6 Å². The summed E-state index contributed by atoms with van der Waals surface area (Å²) in [4.78, 5) is 0. The van der Waals surface area contributed by atoms with Crippen molar-refractivity contribution in [2.45, 2.75) is 24.9 Å². The zero-order chi connectivity index (χ0) is 11.1. The van der Waals surface area contributed by atoms with Crippen molar-refractivity contribution in [2.24, 2.45) is 0 Å². The van der Waals surface area contributed by atoms with Crippen molar-refractivity contribution in [3.8, 4) is 5.75 Å². The van der Waals surface area contributed by atoms with Gasteiger partial charge in [0.05, 0.1) is 12.7 Å². The molecule has 1 aliphatic carbocycles. The number of ether oxygens (including phenoxy) is 1. The van der Waals surface area contributed by atoms with Crippen LogP contribution in [0.4, 0.5) is 8.78 Å². The molecule has 1 N–H and O–H groups in total. The summed E-state index contributed by atoms with van der Waals surface area (Å²) in [5.74, 6) is -2.02. The van der Waals surface area contributed by atoms with Crippen molar-refractivity contribution in [1.29, 1.82) is 0 Å². The van der Waals surface area contributed by atoms with Crippen molar-refractivity contribution >= 4 is 0 Å². The maximum absolute atomic E-state index is 13.3. The number of rotatable bonds is 3. The Bertz CT molecular complexity index is 386. The summed E-state index contributed by atoms with van der Waals surface area (Å²) in [5, 5.41) is 9.69. The maximum atomic E-state index is 13.3. The highest BCUT2D eigenvalue weighted by molar-refractivity contribution is 5.37. The average molecular weight is 214 g/mol. The van der Waals surface area contributed by atoms with E-state index < -0.39 is 17.2 Å². The first-order chi connectivity index (χ1) is 7.06. The highest BCUT2D eigenvalue weighted by atomic mass is 19.2. The first-order valence-electron chi connectivity index (χ1n) is 4.79. The quantitative estimate of drug-likeness (QED) is 0.834. The van der Waals surface area contributed by atoms with Crippen molar-refractivity contribution in [2.75, 3.05) is 7.11 Å². The van der Waals surface area contributed by atoms with Crippen LogP contribution in [-0.4, -0.2) is 17.8 Å². The second kappa shape index (κ2) is 3.45. The van der Waals surface area contributed by atoms with E-state index in [-0.39, 0.29) is 5.75 Å². The van der Waals surface area contributed by atoms with Gasteiger partial charge in [-0.05, 0) is 18.9 Å². The van der Waals surface area contributed by atoms with Gasteiger partial charge in [0.1, 0.15) is 0 Å². The molecule has 1 saturated carbocycles. The van der Waals surface area contributed by atoms with Crippen LogP contribution in [0.5, 0.6) is 5.75 Å². The SMILES string of the molecule is COc1c(CC2(O)CC2)ccc(F)c1F. The molecule has 1 aromatic rings. The molecule has 0 spiro atoms. The third-order valence-corrected chi connectivity index (χ3v) is 2.68. The lowest BCUT2D eigenvalue weighted by Gasteiger charge is -2.12. The lowest BCUT2D eigenvalue weighted by Crippen LogP contribution is -2.12. The van der Waals surface area contributed by atoms with Crippen LogP contribution < -0.4 is 4.74 Å². The van der Waals surface area contributed by atoms with Gasteiger partial charge in [-0.25, -0.2) is 4.39 Å². The van der Waals surface area contributed by atoms with Gasteiger partial charge < -0.3 is 9.84 Å². The van der Waals surface area contributed by atoms with Crippen LogP contribution >= 0.6 is 0 Å². The van der Waals surface area contributed by atoms with Crippen LogP contribution in [0.3, 0.4) is 0 Å². The van der Waals surface area contributed by atoms with Crippen LogP contribution in [0.1, 0.15) is 18.4 Å². The maximum Gasteiger partial charge on any atom is 0.200 e. The van der Waals surface area contributed by atoms with E-state index in [9.17, 15) is 13.9 Å². The summed E-state index contributed by atoms with van der Waals surface area (Å²) in [6.45, 7) is 0. The number of aliphatic hydroxyl groups is 1. The van der Waals surface area contributed by atoms with E-state index >= 15 is 0 Å². The number of halogens is 2. The van der Waals surface area contributed by atoms with Gasteiger partial charge in [0.15, 0.2) is 11.6 Å². The highest BCUT2D eigenvalue weighted by Gasteiger charge is 2.41. The van der Waals surface area contributed by atoms with Crippen molar-refractivity contribution in [3.63, 3.8) is 0 Å². The Morgan fingerprint density at radius 1 is 1.40 bits per heavy atom. The van der Waals surface area contributed by atoms with E-state index in [1.165, 1.54) is 13.2 Å². The van der Waals surface area contributed by atoms with Gasteiger partial charge >= 0.3 is 0 Å². The highest BCUT2D eigenvalue weighted by Crippen LogP contribution is 2.40. The minimum atomic E-state index is -0.987. The zero-order valence-corrected chi connectivity index (χ0v) is 8.39. The van der Waals surface area contributed by atoms with Crippen LogP contribution in [-0.2, 0) is 6.42 Å². The third kappa shape index (κ3) is 1.95. The minimum Gasteiger partial charge on any atom is -0.493 e. The molecule has 82 valence electrons. The van der Waals surface area contributed by atoms with Gasteiger partial charge in [-0.3, -0.25) is 0 Å². The van der Waals surface area contributed by atoms with Crippen molar-refractivity contribution in [1.82, 2.24) is 0 Å². The fraction of sp³-hybridized carbons (Fsp3) is 0.455. The normalized spacial score (nSPS) is 17.6. The lowest BCUT2D eigenvalue weighted by molar-refractivity contribution is 0.149. The molecule has 1 aliphatic rings. The molecule has 0 aromatic heterocycles. The largest absolute Gasteiger partial charge is 0.493 e. The van der Waals surface area contributed by atoms with Gasteiger partial charge in [-0.2, -0.15) is 4.39 Å². The summed E-state index contributed by atoms with van der Waals surface area (Å²) in [6, 6.07) is 2.51. The molecule has 4 heteroatoms. The molecule has 2 rings (SSSR count). The third-order valence-electron chi connectivity index (χ3n) is 2.68. The molecule has 0 aliphatic heterocycles. The van der Waals surface area contributed by atoms with Crippen LogP contribution in [0.15, 0.2) is 12.1 Å². The molecular formula is C11H12F2O2. The fourth-order valence-electron chi connectivity index (χ4n) is 1.61. The Kier molecular flexibility index (Phi) is 2.38. The topological polar surface area (TPSA) is 29.5 Å². The second-order valence-electron chi connectivity index (χ2n) is 3.95. The summed E-state index contributed by atoms with van der Waals surface area (Å²) < 4.78 is 31.0. The van der Waals surface area contributed by atoms with E-state index in [2.05, 4.69) is 0 Å². The van der Waals surface area contributed by atoms with E-state index in [0.29, 0.717) is 24.8 Å². The molecule has 0 unspecified atom stereocenters. The summed E-state index contributed by atoms with van der Waals surface area (Å²) >= 11 is 0. The first-order valence-corrected chi connectivity index (χ1v) is 4.79. The molecule has 0 saturated heterocycles. The number of benzene rings is 1. The fourth-order valence-corrected chi connectivity index (χ4v) is 1.61. The molecule has 0 atom stereocenters. The monoisotopic (exact) mass is 214 g/mol. The van der Waals surface area contributed by atoms with E-state index in [4.69, 9.17) is 4.74 Å². The molecule has 1 aromatic carbocycles. The van der Waals surface area contributed by atoms with Crippen LogP contribution in [0.2, 0.25) is 0 Å². The smallest absolute Gasteiger partial charge is 0.200 e. The van der Waals surface area contributed by atoms with Gasteiger partial charge in [0.2, 0.25) is 5.82 Å². The first kappa shape index (κ1) is 10.4. The van der Waals surface area contributed by atoms with Gasteiger partial charge in [-0.15, -0.1) is 0 Å². The molecule has 1 fully saturated rings. The Labute approximate surface area is 86.5 Å². The van der Waals surface area contributed by atoms with Crippen molar-refractivity contribution in [3.05, 3.63) is 29.3 Å². The van der Waals surface area contributed by atoms with Gasteiger partial charge in [-0.1, -0.05) is 6.07 Å².